The standard InChI is InChI=1S/2C41H39N7O8S/c2*1-45(2)57(54,55)47-24-34(42-26-47)36-35(38(49)44-37(29-14-8-4-9-15-29)30-16-10-5-11-17-30)32(25-56-39(50)31-18-20-33(21-19-31)48(52)53)22-41(36)40(51)46(27-43-41)23-28-12-6-3-7-13-28/h2*3-21,24,26-27,32,35-37H,22-23,25H2,1-2H3,(H,44,49)/t2*32-,35-,36+,41+/m10/s1. The second kappa shape index (κ2) is 33.5. The van der Waals surface area contributed by atoms with E-state index in [4.69, 9.17) is 19.5 Å². The summed E-state index contributed by atoms with van der Waals surface area (Å²) in [7, 11) is -2.60. The molecule has 2 fully saturated rings. The Kier molecular flexibility index (Phi) is 23.2. The normalized spacial score (nSPS) is 20.4. The number of esters is 2. The Morgan fingerprint density at radius 2 is 0.772 bits per heavy atom. The second-order valence-corrected chi connectivity index (χ2v) is 32.4. The monoisotopic (exact) mass is 1580 g/mol. The third-order valence-electron chi connectivity index (χ3n) is 20.9. The number of rotatable bonds is 26. The highest BCUT2D eigenvalue weighted by Gasteiger charge is 2.66. The molecule has 114 heavy (non-hydrogen) atoms. The third kappa shape index (κ3) is 16.4. The van der Waals surface area contributed by atoms with Crippen molar-refractivity contribution in [2.75, 3.05) is 41.4 Å². The Bertz CT molecular complexity index is 5080. The number of nitro benzene ring substituents is 2. The summed E-state index contributed by atoms with van der Waals surface area (Å²) in [4.78, 5) is 129. The number of amides is 4. The quantitative estimate of drug-likeness (QED) is 0.0289. The van der Waals surface area contributed by atoms with Crippen molar-refractivity contribution in [1.82, 2.24) is 47.0 Å². The fourth-order valence-electron chi connectivity index (χ4n) is 15.2. The highest BCUT2D eigenvalue weighted by Crippen LogP contribution is 2.57. The molecule has 10 aromatic rings. The van der Waals surface area contributed by atoms with E-state index in [1.54, 1.807) is 0 Å². The van der Waals surface area contributed by atoms with Crippen LogP contribution >= 0.6 is 0 Å². The van der Waals surface area contributed by atoms with E-state index in [0.29, 0.717) is 0 Å². The van der Waals surface area contributed by atoms with Crippen LogP contribution in [0.5, 0.6) is 0 Å². The molecule has 584 valence electrons. The zero-order valence-electron chi connectivity index (χ0n) is 62.0. The molecule has 0 bridgehead atoms. The highest BCUT2D eigenvalue weighted by atomic mass is 32.2. The van der Waals surface area contributed by atoms with Gasteiger partial charge < -0.3 is 20.1 Å². The number of nitrogens with zero attached hydrogens (tertiary/aromatic N) is 12. The van der Waals surface area contributed by atoms with Crippen molar-refractivity contribution in [3.63, 3.8) is 0 Å². The molecule has 4 aliphatic rings. The zero-order chi connectivity index (χ0) is 80.6. The lowest BCUT2D eigenvalue weighted by atomic mass is 9.79. The molecule has 30 nitrogen and oxygen atoms in total. The minimum absolute atomic E-state index is 0.0516. The van der Waals surface area contributed by atoms with Gasteiger partial charge in [-0.25, -0.2) is 27.5 Å². The van der Waals surface area contributed by atoms with Crippen LogP contribution in [-0.2, 0) is 62.2 Å². The molecular weight excluding hydrogens is 1500 g/mol. The SMILES string of the molecule is CN(C)S(=O)(=O)n1cnc([C@@H]2[C@@H](C(=O)NC(c3ccccc3)c3ccccc3)[C@H](COC(=O)c3ccc([N+](=O)[O-])cc3)C[C@@]23N=CN(Cc2ccccc2)C3=O)c1.CN(C)S(=O)(=O)n1cnc([C@H]2[C@H](C(=O)NC(c3ccccc3)c3ccccc3)[C@@H](COC(=O)c3ccc([N+](=O)[O-])cc3)C[C@]23N=CN(Cc2ccccc2)C3=O)c1. The van der Waals surface area contributed by atoms with E-state index in [2.05, 4.69) is 20.6 Å². The van der Waals surface area contributed by atoms with Gasteiger partial charge in [-0.15, -0.1) is 0 Å². The van der Waals surface area contributed by atoms with Crippen LogP contribution in [-0.4, -0.2) is 164 Å². The maximum Gasteiger partial charge on any atom is 0.338 e. The van der Waals surface area contributed by atoms with Crippen LogP contribution < -0.4 is 10.6 Å². The summed E-state index contributed by atoms with van der Waals surface area (Å²) in [6.07, 6.45) is 7.59. The minimum atomic E-state index is -4.05. The first-order chi connectivity index (χ1) is 54.8. The minimum Gasteiger partial charge on any atom is -0.462 e. The molecule has 32 heteroatoms. The molecule has 0 saturated heterocycles. The number of aliphatic imine (C=N–C) groups is 2. The number of ether oxygens (including phenoxy) is 2. The molecule has 2 spiro atoms. The van der Waals surface area contributed by atoms with Crippen LogP contribution in [0.3, 0.4) is 0 Å². The molecule has 2 aliphatic heterocycles. The van der Waals surface area contributed by atoms with Crippen LogP contribution in [0, 0.1) is 43.9 Å². The average Bonchev–Trinajstić information content (AvgIpc) is 1.56. The number of carbonyl (C=O) groups excluding carboxylic acids is 6. The summed E-state index contributed by atoms with van der Waals surface area (Å²) in [5, 5.41) is 28.8. The predicted octanol–water partition coefficient (Wildman–Crippen LogP) is 9.48. The van der Waals surface area contributed by atoms with Gasteiger partial charge >= 0.3 is 32.4 Å². The number of benzene rings is 8. The molecule has 2 saturated carbocycles. The van der Waals surface area contributed by atoms with Gasteiger partial charge in [0.15, 0.2) is 11.1 Å². The first-order valence-electron chi connectivity index (χ1n) is 36.2. The van der Waals surface area contributed by atoms with E-state index in [-0.39, 0.29) is 73.0 Å². The molecular formula is C82H78N14O16S2. The molecule has 8 atom stereocenters. The van der Waals surface area contributed by atoms with Crippen molar-refractivity contribution in [2.24, 2.45) is 33.7 Å². The van der Waals surface area contributed by atoms with Gasteiger partial charge in [0, 0.05) is 88.5 Å². The summed E-state index contributed by atoms with van der Waals surface area (Å²) in [6.45, 7) is -0.318. The van der Waals surface area contributed by atoms with Crippen molar-refractivity contribution < 1.29 is 64.9 Å². The molecule has 8 aromatic carbocycles. The average molecular weight is 1580 g/mol. The molecule has 2 aliphatic carbocycles. The lowest BCUT2D eigenvalue weighted by Gasteiger charge is -2.31. The fourth-order valence-corrected chi connectivity index (χ4v) is 16.8. The van der Waals surface area contributed by atoms with Gasteiger partial charge in [0.05, 0.1) is 95.3 Å². The van der Waals surface area contributed by atoms with Gasteiger partial charge in [0.25, 0.3) is 23.2 Å². The number of nitrogens with one attached hydrogen (secondary N) is 2. The van der Waals surface area contributed by atoms with Gasteiger partial charge in [-0.05, 0) is 70.5 Å². The number of hydrogen-bond donors (Lipinski definition) is 2. The summed E-state index contributed by atoms with van der Waals surface area (Å²) in [5.41, 5.74) is 1.48. The van der Waals surface area contributed by atoms with Gasteiger partial charge in [0.2, 0.25) is 11.8 Å². The van der Waals surface area contributed by atoms with E-state index in [9.17, 15) is 56.2 Å². The number of imidazole rings is 2. The van der Waals surface area contributed by atoms with E-state index in [1.807, 2.05) is 182 Å². The smallest absolute Gasteiger partial charge is 0.338 e. The molecule has 2 aromatic heterocycles. The molecule has 14 rings (SSSR count). The number of non-ortho nitro benzene ring substituents is 2. The summed E-state index contributed by atoms with van der Waals surface area (Å²) < 4.78 is 68.6. The number of aromatic nitrogens is 4. The van der Waals surface area contributed by atoms with E-state index in [0.717, 1.165) is 62.6 Å². The summed E-state index contributed by atoms with van der Waals surface area (Å²) in [6, 6.07) is 64.6. The van der Waals surface area contributed by atoms with Crippen LogP contribution in [0.1, 0.15) is 102 Å². The van der Waals surface area contributed by atoms with Crippen molar-refractivity contribution in [3.8, 4) is 0 Å². The first kappa shape index (κ1) is 79.1. The predicted molar refractivity (Wildman–Crippen MR) is 418 cm³/mol. The van der Waals surface area contributed by atoms with Crippen LogP contribution in [0.2, 0.25) is 0 Å². The van der Waals surface area contributed by atoms with E-state index < -0.39 is 125 Å². The Labute approximate surface area is 656 Å². The van der Waals surface area contributed by atoms with Crippen molar-refractivity contribution in [1.29, 1.82) is 0 Å². The molecule has 4 heterocycles. The summed E-state index contributed by atoms with van der Waals surface area (Å²) in [5.74, 6) is -9.59. The van der Waals surface area contributed by atoms with Crippen LogP contribution in [0.25, 0.3) is 0 Å². The largest absolute Gasteiger partial charge is 0.462 e. The Hall–Kier alpha value is -13.0. The maximum atomic E-state index is 15.1. The van der Waals surface area contributed by atoms with Gasteiger partial charge in [0.1, 0.15) is 12.7 Å². The van der Waals surface area contributed by atoms with Crippen molar-refractivity contribution in [2.45, 2.75) is 60.9 Å². The van der Waals surface area contributed by atoms with E-state index >= 15 is 9.59 Å². The molecule has 4 amide bonds. The van der Waals surface area contributed by atoms with Crippen molar-refractivity contribution >= 4 is 80.0 Å². The van der Waals surface area contributed by atoms with Gasteiger partial charge in [-0.2, -0.15) is 25.4 Å². The fraction of sp³-hybridized carbons (Fsp3) is 0.244. The first-order valence-corrected chi connectivity index (χ1v) is 39.0. The Morgan fingerprint density at radius 1 is 0.474 bits per heavy atom. The number of hydrogen-bond acceptors (Lipinski definition) is 20. The summed E-state index contributed by atoms with van der Waals surface area (Å²) >= 11 is 0. The highest BCUT2D eigenvalue weighted by molar-refractivity contribution is 7.87. The second-order valence-electron chi connectivity index (χ2n) is 28.3. The number of carbonyl (C=O) groups is 6. The lowest BCUT2D eigenvalue weighted by molar-refractivity contribution is -0.385. The van der Waals surface area contributed by atoms with Crippen molar-refractivity contribution in [3.05, 3.63) is 332 Å². The van der Waals surface area contributed by atoms with Gasteiger partial charge in [-0.1, -0.05) is 182 Å². The Morgan fingerprint density at radius 3 is 1.06 bits per heavy atom. The topological polar surface area (TPSA) is 373 Å². The van der Waals surface area contributed by atoms with Gasteiger partial charge in [-0.3, -0.25) is 59.2 Å². The lowest BCUT2D eigenvalue weighted by Crippen LogP contribution is -2.46. The molecule has 0 unspecified atom stereocenters. The van der Waals surface area contributed by atoms with Crippen LogP contribution in [0.4, 0.5) is 11.4 Å². The molecule has 2 N–H and O–H groups in total. The maximum absolute atomic E-state index is 15.1. The zero-order valence-corrected chi connectivity index (χ0v) is 63.6. The molecule has 0 radical (unpaired) electrons. The Balaban J connectivity index is 0.000000199. The van der Waals surface area contributed by atoms with Crippen LogP contribution in [0.15, 0.2) is 266 Å². The number of nitro groups is 2. The van der Waals surface area contributed by atoms with E-state index in [1.165, 1.54) is 112 Å². The third-order valence-corrected chi connectivity index (χ3v) is 24.2.